The molecule has 0 unspecified atom stereocenters. The van der Waals surface area contributed by atoms with Crippen molar-refractivity contribution in [1.82, 2.24) is 0 Å². The fraction of sp³-hybridized carbons (Fsp3) is 0.308. The van der Waals surface area contributed by atoms with Crippen LogP contribution in [0.4, 0.5) is 10.1 Å². The fourth-order valence-corrected chi connectivity index (χ4v) is 1.52. The lowest BCUT2D eigenvalue weighted by Gasteiger charge is -2.22. The van der Waals surface area contributed by atoms with Crippen LogP contribution in [-0.2, 0) is 0 Å². The lowest BCUT2D eigenvalue weighted by molar-refractivity contribution is 0.112. The van der Waals surface area contributed by atoms with Gasteiger partial charge in [0.25, 0.3) is 0 Å². The van der Waals surface area contributed by atoms with E-state index in [0.29, 0.717) is 30.6 Å². The Labute approximate surface area is 95.1 Å². The Balaban J connectivity index is 3.00. The average Bonchev–Trinajstić information content (AvgIpc) is 2.29. The van der Waals surface area contributed by atoms with Crippen LogP contribution in [0.1, 0.15) is 23.7 Å². The van der Waals surface area contributed by atoms with Gasteiger partial charge in [0.1, 0.15) is 12.1 Å². The van der Waals surface area contributed by atoms with Gasteiger partial charge >= 0.3 is 0 Å². The molecule has 0 aliphatic heterocycles. The molecule has 84 valence electrons. The summed E-state index contributed by atoms with van der Waals surface area (Å²) in [5, 5.41) is 0. The second kappa shape index (κ2) is 5.92. The number of hydrogen-bond donors (Lipinski definition) is 0. The van der Waals surface area contributed by atoms with E-state index in [1.807, 2.05) is 6.92 Å². The molecular formula is C13H14FNO. The van der Waals surface area contributed by atoms with Gasteiger partial charge < -0.3 is 4.90 Å². The monoisotopic (exact) mass is 219 g/mol. The van der Waals surface area contributed by atoms with Crippen LogP contribution < -0.4 is 4.90 Å². The van der Waals surface area contributed by atoms with Gasteiger partial charge in [-0.05, 0) is 24.6 Å². The number of carbonyl (C=O) groups is 1. The maximum atomic E-state index is 13.7. The smallest absolute Gasteiger partial charge is 0.150 e. The van der Waals surface area contributed by atoms with Gasteiger partial charge in [0.15, 0.2) is 0 Å². The van der Waals surface area contributed by atoms with Gasteiger partial charge in [-0.1, -0.05) is 12.8 Å². The first kappa shape index (κ1) is 12.3. The van der Waals surface area contributed by atoms with Crippen LogP contribution >= 0.6 is 0 Å². The van der Waals surface area contributed by atoms with Crippen molar-refractivity contribution >= 4 is 12.0 Å². The van der Waals surface area contributed by atoms with Crippen molar-refractivity contribution in [1.29, 1.82) is 0 Å². The average molecular weight is 219 g/mol. The molecule has 0 fully saturated rings. The summed E-state index contributed by atoms with van der Waals surface area (Å²) in [5.74, 6) is 2.09. The number of nitrogens with zero attached hydrogens (tertiary/aromatic N) is 1. The quantitative estimate of drug-likeness (QED) is 0.560. The normalized spacial score (nSPS) is 9.56. The number of benzene rings is 1. The Kier molecular flexibility index (Phi) is 4.53. The summed E-state index contributed by atoms with van der Waals surface area (Å²) in [5.41, 5.74) is 0.781. The van der Waals surface area contributed by atoms with Crippen LogP contribution in [-0.4, -0.2) is 19.4 Å². The molecule has 2 nitrogen and oxygen atoms in total. The summed E-state index contributed by atoms with van der Waals surface area (Å²) in [7, 11) is 0. The highest BCUT2D eigenvalue weighted by Gasteiger charge is 2.10. The topological polar surface area (TPSA) is 20.3 Å². The number of anilines is 1. The highest BCUT2D eigenvalue weighted by atomic mass is 19.1. The largest absolute Gasteiger partial charge is 0.358 e. The zero-order valence-corrected chi connectivity index (χ0v) is 9.24. The Morgan fingerprint density at radius 3 is 2.81 bits per heavy atom. The van der Waals surface area contributed by atoms with E-state index in [1.165, 1.54) is 6.07 Å². The maximum absolute atomic E-state index is 13.7. The molecule has 3 heteroatoms. The van der Waals surface area contributed by atoms with Crippen LogP contribution in [0.25, 0.3) is 0 Å². The van der Waals surface area contributed by atoms with Gasteiger partial charge in [0.2, 0.25) is 0 Å². The van der Waals surface area contributed by atoms with Crippen molar-refractivity contribution in [2.24, 2.45) is 0 Å². The van der Waals surface area contributed by atoms with E-state index in [2.05, 4.69) is 5.92 Å². The predicted molar refractivity (Wildman–Crippen MR) is 63.1 cm³/mol. The number of aldehydes is 1. The predicted octanol–water partition coefficient (Wildman–Crippen LogP) is 2.49. The van der Waals surface area contributed by atoms with Gasteiger partial charge in [0.05, 0.1) is 12.2 Å². The molecule has 0 aliphatic rings. The van der Waals surface area contributed by atoms with Crippen LogP contribution in [0.15, 0.2) is 18.2 Å². The summed E-state index contributed by atoms with van der Waals surface area (Å²) in [6.07, 6.45) is 6.74. The van der Waals surface area contributed by atoms with Crippen LogP contribution in [0.2, 0.25) is 0 Å². The fourth-order valence-electron chi connectivity index (χ4n) is 1.52. The molecule has 0 radical (unpaired) electrons. The van der Waals surface area contributed by atoms with Crippen molar-refractivity contribution in [3.8, 4) is 12.3 Å². The molecule has 1 rings (SSSR count). The van der Waals surface area contributed by atoms with Gasteiger partial charge in [-0.3, -0.25) is 4.79 Å². The van der Waals surface area contributed by atoms with E-state index in [9.17, 15) is 9.18 Å². The highest BCUT2D eigenvalue weighted by Crippen LogP contribution is 2.20. The van der Waals surface area contributed by atoms with Crippen molar-refractivity contribution in [2.45, 2.75) is 13.3 Å². The van der Waals surface area contributed by atoms with Crippen LogP contribution in [0.3, 0.4) is 0 Å². The first-order chi connectivity index (χ1) is 7.72. The first-order valence-corrected chi connectivity index (χ1v) is 5.16. The van der Waals surface area contributed by atoms with Gasteiger partial charge in [0, 0.05) is 12.1 Å². The molecule has 1 aromatic carbocycles. The van der Waals surface area contributed by atoms with E-state index >= 15 is 0 Å². The van der Waals surface area contributed by atoms with Gasteiger partial charge in [-0.15, -0.1) is 6.42 Å². The minimum atomic E-state index is -0.409. The number of terminal acetylenes is 1. The molecule has 1 aromatic rings. The van der Waals surface area contributed by atoms with Crippen molar-refractivity contribution in [3.05, 3.63) is 29.6 Å². The van der Waals surface area contributed by atoms with Gasteiger partial charge in [-0.25, -0.2) is 4.39 Å². The number of halogens is 1. The van der Waals surface area contributed by atoms with E-state index < -0.39 is 5.82 Å². The molecular weight excluding hydrogens is 205 g/mol. The number of carbonyl (C=O) groups excluding carboxylic acids is 1. The second-order valence-electron chi connectivity index (χ2n) is 3.45. The maximum Gasteiger partial charge on any atom is 0.150 e. The third-order valence-corrected chi connectivity index (χ3v) is 2.22. The highest BCUT2D eigenvalue weighted by molar-refractivity contribution is 5.76. The third kappa shape index (κ3) is 2.83. The Morgan fingerprint density at radius 2 is 2.31 bits per heavy atom. The molecule has 0 saturated carbocycles. The number of rotatable bonds is 5. The van der Waals surface area contributed by atoms with E-state index in [-0.39, 0.29) is 0 Å². The van der Waals surface area contributed by atoms with E-state index in [1.54, 1.807) is 17.0 Å². The van der Waals surface area contributed by atoms with Crippen molar-refractivity contribution in [2.75, 3.05) is 18.0 Å². The second-order valence-corrected chi connectivity index (χ2v) is 3.45. The Morgan fingerprint density at radius 1 is 1.56 bits per heavy atom. The molecule has 0 bridgehead atoms. The zero-order chi connectivity index (χ0) is 12.0. The molecule has 0 saturated heterocycles. The Hall–Kier alpha value is -1.82. The molecule has 0 heterocycles. The molecule has 0 atom stereocenters. The zero-order valence-electron chi connectivity index (χ0n) is 9.24. The molecule has 0 amide bonds. The van der Waals surface area contributed by atoms with Gasteiger partial charge in [-0.2, -0.15) is 0 Å². The summed E-state index contributed by atoms with van der Waals surface area (Å²) in [6.45, 7) is 3.06. The minimum absolute atomic E-state index is 0.332. The Bertz CT molecular complexity index is 409. The molecule has 0 aromatic heterocycles. The molecule has 0 N–H and O–H groups in total. The van der Waals surface area contributed by atoms with Crippen molar-refractivity contribution < 1.29 is 9.18 Å². The summed E-state index contributed by atoms with van der Waals surface area (Å²) >= 11 is 0. The van der Waals surface area contributed by atoms with Crippen molar-refractivity contribution in [3.63, 3.8) is 0 Å². The minimum Gasteiger partial charge on any atom is -0.358 e. The lowest BCUT2D eigenvalue weighted by atomic mass is 10.2. The SMILES string of the molecule is C#CCN(CCC)c1ccc(C=O)cc1F. The van der Waals surface area contributed by atoms with Crippen LogP contribution in [0.5, 0.6) is 0 Å². The first-order valence-electron chi connectivity index (χ1n) is 5.16. The lowest BCUT2D eigenvalue weighted by Crippen LogP contribution is -2.25. The summed E-state index contributed by atoms with van der Waals surface area (Å²) < 4.78 is 13.7. The standard InChI is InChI=1S/C13H14FNO/c1-3-7-15(8-4-2)13-6-5-11(10-16)9-12(13)14/h1,5-6,9-10H,4,7-8H2,2H3. The molecule has 0 spiro atoms. The van der Waals surface area contributed by atoms with Crippen LogP contribution in [0, 0.1) is 18.2 Å². The van der Waals surface area contributed by atoms with E-state index in [4.69, 9.17) is 6.42 Å². The summed E-state index contributed by atoms with van der Waals surface area (Å²) in [6, 6.07) is 4.40. The molecule has 0 aliphatic carbocycles. The summed E-state index contributed by atoms with van der Waals surface area (Å²) in [4.78, 5) is 12.3. The third-order valence-electron chi connectivity index (χ3n) is 2.22. The molecule has 16 heavy (non-hydrogen) atoms. The van der Waals surface area contributed by atoms with E-state index in [0.717, 1.165) is 6.42 Å². The number of hydrogen-bond acceptors (Lipinski definition) is 2.